The molecule has 0 radical (unpaired) electrons. The van der Waals surface area contributed by atoms with E-state index < -0.39 is 5.91 Å². The number of benzene rings is 3. The molecule has 3 aromatic carbocycles. The molecule has 0 aliphatic heterocycles. The van der Waals surface area contributed by atoms with Gasteiger partial charge in [0.25, 0.3) is 11.8 Å². The van der Waals surface area contributed by atoms with E-state index in [1.807, 2.05) is 30.3 Å². The number of para-hydroxylation sites is 1. The zero-order chi connectivity index (χ0) is 23.6. The largest absolute Gasteiger partial charge is 0.493 e. The summed E-state index contributed by atoms with van der Waals surface area (Å²) in [5.41, 5.74) is 1.74. The minimum Gasteiger partial charge on any atom is -0.493 e. The lowest BCUT2D eigenvalue weighted by Gasteiger charge is -2.23. The van der Waals surface area contributed by atoms with Crippen molar-refractivity contribution in [2.24, 2.45) is 0 Å². The van der Waals surface area contributed by atoms with E-state index in [1.54, 1.807) is 23.1 Å². The Hall–Kier alpha value is -3.87. The van der Waals surface area contributed by atoms with Gasteiger partial charge in [-0.3, -0.25) is 9.59 Å². The van der Waals surface area contributed by atoms with Crippen molar-refractivity contribution in [3.8, 4) is 11.5 Å². The van der Waals surface area contributed by atoms with E-state index in [0.29, 0.717) is 29.3 Å². The molecule has 0 saturated heterocycles. The molecule has 3 rings (SSSR count). The molecule has 1 N–H and O–H groups in total. The molecule has 0 heterocycles. The van der Waals surface area contributed by atoms with E-state index in [1.165, 1.54) is 31.4 Å². The molecule has 0 aliphatic rings. The number of rotatable bonds is 10. The van der Waals surface area contributed by atoms with Crippen molar-refractivity contribution < 1.29 is 23.5 Å². The van der Waals surface area contributed by atoms with E-state index >= 15 is 0 Å². The third kappa shape index (κ3) is 6.55. The topological polar surface area (TPSA) is 67.9 Å². The van der Waals surface area contributed by atoms with Crippen LogP contribution in [0.2, 0.25) is 0 Å². The normalized spacial score (nSPS) is 10.4. The van der Waals surface area contributed by atoms with Crippen LogP contribution in [-0.2, 0) is 4.79 Å². The van der Waals surface area contributed by atoms with Gasteiger partial charge in [-0.2, -0.15) is 0 Å². The van der Waals surface area contributed by atoms with Gasteiger partial charge < -0.3 is 19.7 Å². The highest BCUT2D eigenvalue weighted by molar-refractivity contribution is 6.06. The van der Waals surface area contributed by atoms with Crippen molar-refractivity contribution in [3.63, 3.8) is 0 Å². The Bertz CT molecular complexity index is 1070. The fourth-order valence-electron chi connectivity index (χ4n) is 3.22. The number of anilines is 2. The second kappa shape index (κ2) is 11.7. The number of carbonyl (C=O) groups excluding carboxylic acids is 2. The number of methoxy groups -OCH3 is 1. The number of unbranched alkanes of at least 4 members (excludes halogenated alkanes) is 1. The third-order valence-electron chi connectivity index (χ3n) is 4.95. The van der Waals surface area contributed by atoms with Crippen LogP contribution < -0.4 is 19.7 Å². The summed E-state index contributed by atoms with van der Waals surface area (Å²) in [5.74, 6) is -0.251. The number of ether oxygens (including phenoxy) is 2. The summed E-state index contributed by atoms with van der Waals surface area (Å²) in [5, 5.41) is 2.63. The summed E-state index contributed by atoms with van der Waals surface area (Å²) in [7, 11) is 1.47. The molecule has 172 valence electrons. The standard InChI is InChI=1S/C26H27FN2O4/c1-3-4-16-29(22-8-6-5-7-9-22)26(31)19-10-15-23(24(17-19)32-2)33-18-25(30)28-21-13-11-20(27)12-14-21/h5-15,17H,3-4,16,18H2,1-2H3,(H,28,30). The maximum Gasteiger partial charge on any atom is 0.262 e. The zero-order valence-corrected chi connectivity index (χ0v) is 18.7. The highest BCUT2D eigenvalue weighted by Gasteiger charge is 2.19. The van der Waals surface area contributed by atoms with E-state index in [4.69, 9.17) is 9.47 Å². The van der Waals surface area contributed by atoms with Gasteiger partial charge in [-0.05, 0) is 61.0 Å². The summed E-state index contributed by atoms with van der Waals surface area (Å²) >= 11 is 0. The Labute approximate surface area is 192 Å². The van der Waals surface area contributed by atoms with Crippen LogP contribution in [0.25, 0.3) is 0 Å². The fraction of sp³-hybridized carbons (Fsp3) is 0.231. The Morgan fingerprint density at radius 2 is 1.70 bits per heavy atom. The maximum absolute atomic E-state index is 13.3. The first-order valence-corrected chi connectivity index (χ1v) is 10.7. The molecule has 2 amide bonds. The number of hydrogen-bond acceptors (Lipinski definition) is 4. The predicted molar refractivity (Wildman–Crippen MR) is 127 cm³/mol. The van der Waals surface area contributed by atoms with Gasteiger partial charge in [0.05, 0.1) is 7.11 Å². The molecule has 6 nitrogen and oxygen atoms in total. The van der Waals surface area contributed by atoms with E-state index in [2.05, 4.69) is 12.2 Å². The van der Waals surface area contributed by atoms with Crippen molar-refractivity contribution in [2.45, 2.75) is 19.8 Å². The Morgan fingerprint density at radius 3 is 2.36 bits per heavy atom. The Balaban J connectivity index is 1.70. The van der Waals surface area contributed by atoms with Crippen LogP contribution in [0.15, 0.2) is 72.8 Å². The number of hydrogen-bond donors (Lipinski definition) is 1. The second-order valence-corrected chi connectivity index (χ2v) is 7.36. The van der Waals surface area contributed by atoms with Crippen LogP contribution in [0.4, 0.5) is 15.8 Å². The Morgan fingerprint density at radius 1 is 0.970 bits per heavy atom. The molecule has 3 aromatic rings. The van der Waals surface area contributed by atoms with Crippen LogP contribution in [0.5, 0.6) is 11.5 Å². The number of amides is 2. The van der Waals surface area contributed by atoms with E-state index in [9.17, 15) is 14.0 Å². The van der Waals surface area contributed by atoms with E-state index in [0.717, 1.165) is 18.5 Å². The summed E-state index contributed by atoms with van der Waals surface area (Å²) in [6, 6.07) is 19.8. The van der Waals surface area contributed by atoms with Crippen LogP contribution in [0, 0.1) is 5.82 Å². The molecule has 7 heteroatoms. The van der Waals surface area contributed by atoms with Crippen LogP contribution in [0.3, 0.4) is 0 Å². The molecule has 0 aromatic heterocycles. The van der Waals surface area contributed by atoms with Crippen molar-refractivity contribution in [2.75, 3.05) is 30.5 Å². The molecule has 0 fully saturated rings. The monoisotopic (exact) mass is 450 g/mol. The van der Waals surface area contributed by atoms with Crippen molar-refractivity contribution in [3.05, 3.63) is 84.2 Å². The zero-order valence-electron chi connectivity index (χ0n) is 18.7. The molecule has 33 heavy (non-hydrogen) atoms. The molecular formula is C26H27FN2O4. The number of nitrogens with zero attached hydrogens (tertiary/aromatic N) is 1. The molecule has 0 atom stereocenters. The van der Waals surface area contributed by atoms with Crippen LogP contribution >= 0.6 is 0 Å². The van der Waals surface area contributed by atoms with Crippen molar-refractivity contribution >= 4 is 23.2 Å². The number of nitrogens with one attached hydrogen (secondary N) is 1. The van der Waals surface area contributed by atoms with Gasteiger partial charge in [0.15, 0.2) is 18.1 Å². The van der Waals surface area contributed by atoms with Crippen molar-refractivity contribution in [1.29, 1.82) is 0 Å². The summed E-state index contributed by atoms with van der Waals surface area (Å²) in [4.78, 5) is 27.2. The third-order valence-corrected chi connectivity index (χ3v) is 4.95. The average molecular weight is 451 g/mol. The van der Waals surface area contributed by atoms with Gasteiger partial charge in [0.1, 0.15) is 5.82 Å². The molecule has 0 spiro atoms. The van der Waals surface area contributed by atoms with Crippen LogP contribution in [0.1, 0.15) is 30.1 Å². The lowest BCUT2D eigenvalue weighted by atomic mass is 10.1. The van der Waals surface area contributed by atoms with Gasteiger partial charge in [0, 0.05) is 23.5 Å². The van der Waals surface area contributed by atoms with Crippen LogP contribution in [-0.4, -0.2) is 32.1 Å². The maximum atomic E-state index is 13.3. The van der Waals surface area contributed by atoms with E-state index in [-0.39, 0.29) is 18.3 Å². The summed E-state index contributed by atoms with van der Waals surface area (Å²) < 4.78 is 24.0. The minimum atomic E-state index is -0.404. The molecule has 0 aliphatic carbocycles. The summed E-state index contributed by atoms with van der Waals surface area (Å²) in [6.45, 7) is 2.41. The highest BCUT2D eigenvalue weighted by atomic mass is 19.1. The van der Waals surface area contributed by atoms with Gasteiger partial charge >= 0.3 is 0 Å². The first-order valence-electron chi connectivity index (χ1n) is 10.7. The first-order chi connectivity index (χ1) is 16.0. The number of halogens is 1. The van der Waals surface area contributed by atoms with Gasteiger partial charge in [0.2, 0.25) is 0 Å². The molecule has 0 bridgehead atoms. The van der Waals surface area contributed by atoms with Crippen molar-refractivity contribution in [1.82, 2.24) is 0 Å². The average Bonchev–Trinajstić information content (AvgIpc) is 2.85. The van der Waals surface area contributed by atoms with Gasteiger partial charge in [-0.15, -0.1) is 0 Å². The number of carbonyl (C=O) groups is 2. The highest BCUT2D eigenvalue weighted by Crippen LogP contribution is 2.29. The minimum absolute atomic E-state index is 0.145. The fourth-order valence-corrected chi connectivity index (χ4v) is 3.22. The molecule has 0 saturated carbocycles. The smallest absolute Gasteiger partial charge is 0.262 e. The molecular weight excluding hydrogens is 423 g/mol. The van der Waals surface area contributed by atoms with Gasteiger partial charge in [-0.1, -0.05) is 31.5 Å². The van der Waals surface area contributed by atoms with Gasteiger partial charge in [-0.25, -0.2) is 4.39 Å². The quantitative estimate of drug-likeness (QED) is 0.455. The lowest BCUT2D eigenvalue weighted by Crippen LogP contribution is -2.31. The SMILES string of the molecule is CCCCN(C(=O)c1ccc(OCC(=O)Nc2ccc(F)cc2)c(OC)c1)c1ccccc1. The second-order valence-electron chi connectivity index (χ2n) is 7.36. The first kappa shape index (κ1) is 23.8. The lowest BCUT2D eigenvalue weighted by molar-refractivity contribution is -0.118. The summed E-state index contributed by atoms with van der Waals surface area (Å²) in [6.07, 6.45) is 1.84. The molecule has 0 unspecified atom stereocenters. The predicted octanol–water partition coefficient (Wildman–Crippen LogP) is 5.30. The Kier molecular flexibility index (Phi) is 8.41.